The second-order valence-electron chi connectivity index (χ2n) is 7.67. The fraction of sp³-hybridized carbons (Fsp3) is 0.391. The van der Waals surface area contributed by atoms with E-state index in [4.69, 9.17) is 5.10 Å². The Morgan fingerprint density at radius 3 is 2.63 bits per heavy atom. The number of amides is 1. The van der Waals surface area contributed by atoms with Gasteiger partial charge in [-0.2, -0.15) is 5.10 Å². The number of nitrogens with zero attached hydrogens (tertiary/aromatic N) is 2. The second kappa shape index (κ2) is 7.55. The molecule has 0 saturated heterocycles. The quantitative estimate of drug-likeness (QED) is 0.692. The predicted molar refractivity (Wildman–Crippen MR) is 110 cm³/mol. The highest BCUT2D eigenvalue weighted by molar-refractivity contribution is 5.93. The number of anilines is 1. The lowest BCUT2D eigenvalue weighted by molar-refractivity contribution is -0.120. The number of carbonyl (C=O) groups is 1. The summed E-state index contributed by atoms with van der Waals surface area (Å²) < 4.78 is 2.01. The monoisotopic (exact) mass is 361 g/mol. The summed E-state index contributed by atoms with van der Waals surface area (Å²) >= 11 is 0. The maximum atomic E-state index is 12.7. The molecule has 1 fully saturated rings. The lowest BCUT2D eigenvalue weighted by atomic mass is 9.88. The van der Waals surface area contributed by atoms with Crippen molar-refractivity contribution >= 4 is 22.4 Å². The SMILES string of the molecule is Cc1nn(Cc2cccc3ccccc23)c(C)c1NC(=O)C1CCCCC1. The Bertz CT molecular complexity index is 962. The topological polar surface area (TPSA) is 46.9 Å². The first kappa shape index (κ1) is 17.8. The third-order valence-corrected chi connectivity index (χ3v) is 5.81. The lowest BCUT2D eigenvalue weighted by Gasteiger charge is -2.20. The molecule has 27 heavy (non-hydrogen) atoms. The van der Waals surface area contributed by atoms with Crippen LogP contribution in [0.1, 0.15) is 49.1 Å². The third kappa shape index (κ3) is 3.61. The molecule has 0 spiro atoms. The molecule has 140 valence electrons. The van der Waals surface area contributed by atoms with Crippen molar-refractivity contribution in [1.82, 2.24) is 9.78 Å². The minimum Gasteiger partial charge on any atom is -0.323 e. The Hall–Kier alpha value is -2.62. The molecule has 1 N–H and O–H groups in total. The summed E-state index contributed by atoms with van der Waals surface area (Å²) in [6.45, 7) is 4.72. The van der Waals surface area contributed by atoms with Gasteiger partial charge in [0.25, 0.3) is 0 Å². The van der Waals surface area contributed by atoms with Gasteiger partial charge in [-0.15, -0.1) is 0 Å². The van der Waals surface area contributed by atoms with Crippen molar-refractivity contribution in [2.75, 3.05) is 5.32 Å². The van der Waals surface area contributed by atoms with Crippen LogP contribution < -0.4 is 5.32 Å². The van der Waals surface area contributed by atoms with Crippen LogP contribution in [0.25, 0.3) is 10.8 Å². The maximum Gasteiger partial charge on any atom is 0.227 e. The minimum absolute atomic E-state index is 0.152. The molecule has 4 rings (SSSR count). The summed E-state index contributed by atoms with van der Waals surface area (Å²) in [5, 5.41) is 10.4. The molecular formula is C23H27N3O. The highest BCUT2D eigenvalue weighted by Gasteiger charge is 2.23. The van der Waals surface area contributed by atoms with Crippen molar-refractivity contribution in [2.24, 2.45) is 5.92 Å². The Labute approximate surface area is 160 Å². The van der Waals surface area contributed by atoms with Crippen molar-refractivity contribution in [2.45, 2.75) is 52.5 Å². The number of aryl methyl sites for hydroxylation is 1. The van der Waals surface area contributed by atoms with Crippen molar-refractivity contribution in [3.63, 3.8) is 0 Å². The first-order valence-electron chi connectivity index (χ1n) is 9.95. The zero-order chi connectivity index (χ0) is 18.8. The fourth-order valence-electron chi connectivity index (χ4n) is 4.21. The van der Waals surface area contributed by atoms with Crippen LogP contribution in [0.15, 0.2) is 42.5 Å². The van der Waals surface area contributed by atoms with E-state index >= 15 is 0 Å². The average molecular weight is 361 g/mol. The molecule has 1 amide bonds. The number of hydrogen-bond donors (Lipinski definition) is 1. The second-order valence-corrected chi connectivity index (χ2v) is 7.67. The summed E-state index contributed by atoms with van der Waals surface area (Å²) in [6.07, 6.45) is 5.60. The van der Waals surface area contributed by atoms with Crippen LogP contribution >= 0.6 is 0 Å². The molecule has 1 saturated carbocycles. The van der Waals surface area contributed by atoms with Gasteiger partial charge in [-0.1, -0.05) is 61.7 Å². The highest BCUT2D eigenvalue weighted by Crippen LogP contribution is 2.28. The van der Waals surface area contributed by atoms with Gasteiger partial charge in [-0.05, 0) is 43.0 Å². The molecule has 1 aromatic heterocycles. The van der Waals surface area contributed by atoms with Crippen LogP contribution in [0.4, 0.5) is 5.69 Å². The lowest BCUT2D eigenvalue weighted by Crippen LogP contribution is -2.25. The number of aromatic nitrogens is 2. The normalized spacial score (nSPS) is 15.2. The summed E-state index contributed by atoms with van der Waals surface area (Å²) in [6, 6.07) is 14.8. The number of nitrogens with one attached hydrogen (secondary N) is 1. The highest BCUT2D eigenvalue weighted by atomic mass is 16.1. The molecule has 1 aliphatic rings. The number of carbonyl (C=O) groups excluding carboxylic acids is 1. The van der Waals surface area contributed by atoms with Crippen LogP contribution in [-0.2, 0) is 11.3 Å². The first-order valence-corrected chi connectivity index (χ1v) is 9.95. The molecule has 0 bridgehead atoms. The van der Waals surface area contributed by atoms with Crippen LogP contribution in [0.2, 0.25) is 0 Å². The van der Waals surface area contributed by atoms with Crippen molar-refractivity contribution in [3.05, 3.63) is 59.4 Å². The van der Waals surface area contributed by atoms with Crippen molar-refractivity contribution in [3.8, 4) is 0 Å². The average Bonchev–Trinajstić information content (AvgIpc) is 2.96. The van der Waals surface area contributed by atoms with Gasteiger partial charge in [0.1, 0.15) is 0 Å². The number of fused-ring (bicyclic) bond motifs is 1. The van der Waals surface area contributed by atoms with E-state index in [1.807, 2.05) is 18.5 Å². The Kier molecular flexibility index (Phi) is 4.97. The summed E-state index contributed by atoms with van der Waals surface area (Å²) in [4.78, 5) is 12.7. The predicted octanol–water partition coefficient (Wildman–Crippen LogP) is 5.22. The van der Waals surface area contributed by atoms with E-state index in [0.717, 1.165) is 42.8 Å². The van der Waals surface area contributed by atoms with E-state index in [0.29, 0.717) is 6.54 Å². The molecule has 4 heteroatoms. The third-order valence-electron chi connectivity index (χ3n) is 5.81. The Morgan fingerprint density at radius 2 is 1.81 bits per heavy atom. The molecule has 0 unspecified atom stereocenters. The Morgan fingerprint density at radius 1 is 1.07 bits per heavy atom. The van der Waals surface area contributed by atoms with Gasteiger partial charge in [0, 0.05) is 5.92 Å². The fourth-order valence-corrected chi connectivity index (χ4v) is 4.21. The molecule has 4 nitrogen and oxygen atoms in total. The van der Waals surface area contributed by atoms with E-state index in [2.05, 4.69) is 47.8 Å². The standard InChI is InChI=1S/C23H27N3O/c1-16-22(24-23(27)19-10-4-3-5-11-19)17(2)26(25-16)15-20-13-8-12-18-9-6-7-14-21(18)20/h6-9,12-14,19H,3-5,10-11,15H2,1-2H3,(H,24,27). The zero-order valence-corrected chi connectivity index (χ0v) is 16.2. The van der Waals surface area contributed by atoms with Gasteiger partial charge < -0.3 is 5.32 Å². The molecule has 1 aliphatic carbocycles. The van der Waals surface area contributed by atoms with Crippen molar-refractivity contribution in [1.29, 1.82) is 0 Å². The summed E-state index contributed by atoms with van der Waals surface area (Å²) in [5.41, 5.74) is 4.02. The van der Waals surface area contributed by atoms with Gasteiger partial charge in [-0.25, -0.2) is 0 Å². The molecule has 0 radical (unpaired) electrons. The molecule has 1 heterocycles. The number of hydrogen-bond acceptors (Lipinski definition) is 2. The van der Waals surface area contributed by atoms with E-state index in [1.165, 1.54) is 22.8 Å². The Balaban J connectivity index is 1.58. The molecule has 2 aromatic carbocycles. The largest absolute Gasteiger partial charge is 0.323 e. The summed E-state index contributed by atoms with van der Waals surface area (Å²) in [5.74, 6) is 0.310. The van der Waals surface area contributed by atoms with Crippen LogP contribution in [0, 0.1) is 19.8 Å². The van der Waals surface area contributed by atoms with E-state index in [9.17, 15) is 4.79 Å². The van der Waals surface area contributed by atoms with Gasteiger partial charge in [0.2, 0.25) is 5.91 Å². The minimum atomic E-state index is 0.152. The van der Waals surface area contributed by atoms with E-state index < -0.39 is 0 Å². The summed E-state index contributed by atoms with van der Waals surface area (Å²) in [7, 11) is 0. The van der Waals surface area contributed by atoms with E-state index in [-0.39, 0.29) is 11.8 Å². The van der Waals surface area contributed by atoms with E-state index in [1.54, 1.807) is 0 Å². The van der Waals surface area contributed by atoms with Gasteiger partial charge in [0.15, 0.2) is 0 Å². The van der Waals surface area contributed by atoms with Crippen LogP contribution in [-0.4, -0.2) is 15.7 Å². The maximum absolute atomic E-state index is 12.7. The van der Waals surface area contributed by atoms with Crippen LogP contribution in [0.3, 0.4) is 0 Å². The van der Waals surface area contributed by atoms with Crippen molar-refractivity contribution < 1.29 is 4.79 Å². The van der Waals surface area contributed by atoms with Crippen LogP contribution in [0.5, 0.6) is 0 Å². The van der Waals surface area contributed by atoms with Gasteiger partial charge in [0.05, 0.1) is 23.6 Å². The van der Waals surface area contributed by atoms with Gasteiger partial charge >= 0.3 is 0 Å². The smallest absolute Gasteiger partial charge is 0.227 e. The molecule has 0 atom stereocenters. The first-order chi connectivity index (χ1) is 13.1. The number of benzene rings is 2. The molecule has 3 aromatic rings. The zero-order valence-electron chi connectivity index (χ0n) is 16.2. The number of rotatable bonds is 4. The molecule has 0 aliphatic heterocycles. The molecular weight excluding hydrogens is 334 g/mol. The van der Waals surface area contributed by atoms with Gasteiger partial charge in [-0.3, -0.25) is 9.48 Å².